The molecule has 0 bridgehead atoms. The Balaban J connectivity index is 1.65. The Hall–Kier alpha value is -2.78. The van der Waals surface area contributed by atoms with Gasteiger partial charge >= 0.3 is 0 Å². The summed E-state index contributed by atoms with van der Waals surface area (Å²) in [7, 11) is -3.74. The Kier molecular flexibility index (Phi) is 3.95. The second-order valence-corrected chi connectivity index (χ2v) is 9.08. The first-order valence-corrected chi connectivity index (χ1v) is 10.7. The molecule has 0 aliphatic carbocycles. The van der Waals surface area contributed by atoms with E-state index in [0.29, 0.717) is 22.7 Å². The molecule has 1 atom stereocenters. The number of nitrogens with one attached hydrogen (secondary N) is 1. The van der Waals surface area contributed by atoms with E-state index in [9.17, 15) is 8.42 Å². The van der Waals surface area contributed by atoms with Gasteiger partial charge in [0.15, 0.2) is 11.3 Å². The molecule has 4 heterocycles. The summed E-state index contributed by atoms with van der Waals surface area (Å²) in [5.74, 6) is 1.34. The van der Waals surface area contributed by atoms with E-state index in [-0.39, 0.29) is 4.90 Å². The van der Waals surface area contributed by atoms with E-state index in [1.165, 1.54) is 3.97 Å². The van der Waals surface area contributed by atoms with Crippen LogP contribution in [0.4, 0.5) is 0 Å². The minimum absolute atomic E-state index is 0.235. The van der Waals surface area contributed by atoms with Crippen molar-refractivity contribution < 1.29 is 8.42 Å². The molecule has 1 unspecified atom stereocenters. The molecule has 28 heavy (non-hydrogen) atoms. The van der Waals surface area contributed by atoms with Crippen LogP contribution in [0.1, 0.15) is 17.8 Å². The summed E-state index contributed by atoms with van der Waals surface area (Å²) in [4.78, 5) is 4.61. The Morgan fingerprint density at radius 2 is 2.00 bits per heavy atom. The summed E-state index contributed by atoms with van der Waals surface area (Å²) in [6.07, 6.45) is 5.02. The monoisotopic (exact) mass is 396 g/mol. The van der Waals surface area contributed by atoms with Gasteiger partial charge in [-0.05, 0) is 50.6 Å². The standard InChI is InChI=1S/C19H20N6O2S/c1-13-2-4-15(5-3-13)28(26,27)24-9-7-16-19(24)21-12-18-23-22-17(25(16)18)10-14-6-8-20-11-14/h2-5,7,9,12,14,20H,6,8,10-11H2,1H3. The maximum Gasteiger partial charge on any atom is 0.269 e. The molecule has 0 spiro atoms. The molecule has 9 heteroatoms. The van der Waals surface area contributed by atoms with Crippen LogP contribution in [-0.4, -0.2) is 45.1 Å². The van der Waals surface area contributed by atoms with Gasteiger partial charge in [0.05, 0.1) is 16.6 Å². The lowest BCUT2D eigenvalue weighted by Gasteiger charge is -2.09. The Morgan fingerprint density at radius 1 is 1.18 bits per heavy atom. The molecular weight excluding hydrogens is 376 g/mol. The summed E-state index contributed by atoms with van der Waals surface area (Å²) in [5.41, 5.74) is 2.70. The van der Waals surface area contributed by atoms with Gasteiger partial charge in [-0.3, -0.25) is 4.40 Å². The van der Waals surface area contributed by atoms with E-state index in [4.69, 9.17) is 0 Å². The van der Waals surface area contributed by atoms with Crippen LogP contribution in [0.25, 0.3) is 16.8 Å². The van der Waals surface area contributed by atoms with Gasteiger partial charge in [0.25, 0.3) is 10.0 Å². The highest BCUT2D eigenvalue weighted by Gasteiger charge is 2.23. The third-order valence-electron chi connectivity index (χ3n) is 5.32. The van der Waals surface area contributed by atoms with E-state index >= 15 is 0 Å². The van der Waals surface area contributed by atoms with E-state index in [1.54, 1.807) is 42.7 Å². The van der Waals surface area contributed by atoms with E-state index in [2.05, 4.69) is 20.5 Å². The molecule has 4 aromatic rings. The maximum absolute atomic E-state index is 13.1. The minimum Gasteiger partial charge on any atom is -0.316 e. The van der Waals surface area contributed by atoms with Crippen molar-refractivity contribution in [1.29, 1.82) is 0 Å². The van der Waals surface area contributed by atoms with Crippen LogP contribution in [0.15, 0.2) is 47.6 Å². The van der Waals surface area contributed by atoms with Crippen LogP contribution in [0.5, 0.6) is 0 Å². The zero-order valence-electron chi connectivity index (χ0n) is 15.4. The average Bonchev–Trinajstić information content (AvgIpc) is 3.41. The first-order valence-electron chi connectivity index (χ1n) is 9.27. The second-order valence-electron chi connectivity index (χ2n) is 7.27. The molecule has 1 aliphatic heterocycles. The van der Waals surface area contributed by atoms with Crippen LogP contribution >= 0.6 is 0 Å². The molecule has 1 aromatic carbocycles. The highest BCUT2D eigenvalue weighted by Crippen LogP contribution is 2.24. The molecule has 1 aliphatic rings. The zero-order chi connectivity index (χ0) is 19.3. The lowest BCUT2D eigenvalue weighted by Crippen LogP contribution is -2.13. The minimum atomic E-state index is -3.74. The summed E-state index contributed by atoms with van der Waals surface area (Å²) in [6, 6.07) is 8.58. The molecule has 1 N–H and O–H groups in total. The highest BCUT2D eigenvalue weighted by atomic mass is 32.2. The normalized spacial score (nSPS) is 17.7. The van der Waals surface area contributed by atoms with Gasteiger partial charge in [-0.25, -0.2) is 17.4 Å². The molecule has 0 radical (unpaired) electrons. The van der Waals surface area contributed by atoms with Crippen molar-refractivity contribution in [3.8, 4) is 0 Å². The van der Waals surface area contributed by atoms with Gasteiger partial charge in [-0.15, -0.1) is 10.2 Å². The number of hydrogen-bond acceptors (Lipinski definition) is 6. The first kappa shape index (κ1) is 17.3. The number of fused-ring (bicyclic) bond motifs is 3. The summed E-state index contributed by atoms with van der Waals surface area (Å²) >= 11 is 0. The molecule has 5 rings (SSSR count). The third-order valence-corrected chi connectivity index (χ3v) is 7.00. The molecular formula is C19H20N6O2S. The topological polar surface area (TPSA) is 94.2 Å². The van der Waals surface area contributed by atoms with Gasteiger partial charge in [0.1, 0.15) is 5.82 Å². The fourth-order valence-corrected chi connectivity index (χ4v) is 5.08. The summed E-state index contributed by atoms with van der Waals surface area (Å²) in [5, 5.41) is 11.9. The molecule has 3 aromatic heterocycles. The van der Waals surface area contributed by atoms with Crippen molar-refractivity contribution in [2.24, 2.45) is 5.92 Å². The Labute approximate surface area is 162 Å². The van der Waals surface area contributed by atoms with Crippen molar-refractivity contribution in [3.63, 3.8) is 0 Å². The fraction of sp³-hybridized carbons (Fsp3) is 0.316. The van der Waals surface area contributed by atoms with Crippen molar-refractivity contribution in [2.45, 2.75) is 24.7 Å². The number of hydrogen-bond donors (Lipinski definition) is 1. The third kappa shape index (κ3) is 2.70. The molecule has 0 saturated carbocycles. The smallest absolute Gasteiger partial charge is 0.269 e. The lowest BCUT2D eigenvalue weighted by molar-refractivity contribution is 0.559. The van der Waals surface area contributed by atoms with Crippen molar-refractivity contribution >= 4 is 26.8 Å². The van der Waals surface area contributed by atoms with E-state index in [0.717, 1.165) is 37.3 Å². The van der Waals surface area contributed by atoms with Crippen LogP contribution < -0.4 is 5.32 Å². The predicted molar refractivity (Wildman–Crippen MR) is 105 cm³/mol. The number of aryl methyl sites for hydroxylation is 1. The first-order chi connectivity index (χ1) is 13.5. The number of nitrogens with zero attached hydrogens (tertiary/aromatic N) is 5. The maximum atomic E-state index is 13.1. The summed E-state index contributed by atoms with van der Waals surface area (Å²) < 4.78 is 29.4. The predicted octanol–water partition coefficient (Wildman–Crippen LogP) is 1.78. The number of rotatable bonds is 4. The second kappa shape index (κ2) is 6.39. The molecule has 0 amide bonds. The lowest BCUT2D eigenvalue weighted by atomic mass is 10.0. The summed E-state index contributed by atoms with van der Waals surface area (Å²) in [6.45, 7) is 3.91. The van der Waals surface area contributed by atoms with Crippen molar-refractivity contribution in [1.82, 2.24) is 28.9 Å². The van der Waals surface area contributed by atoms with Crippen LogP contribution in [0.3, 0.4) is 0 Å². The molecule has 1 saturated heterocycles. The number of aromatic nitrogens is 5. The van der Waals surface area contributed by atoms with E-state index in [1.807, 2.05) is 11.3 Å². The van der Waals surface area contributed by atoms with Crippen LogP contribution in [0.2, 0.25) is 0 Å². The quantitative estimate of drug-likeness (QED) is 0.565. The Morgan fingerprint density at radius 3 is 2.75 bits per heavy atom. The zero-order valence-corrected chi connectivity index (χ0v) is 16.2. The molecule has 144 valence electrons. The number of benzene rings is 1. The SMILES string of the molecule is Cc1ccc(S(=O)(=O)n2ccc3c2ncc2nnc(CC4CCNC4)n23)cc1. The molecule has 1 fully saturated rings. The van der Waals surface area contributed by atoms with Crippen LogP contribution in [0, 0.1) is 12.8 Å². The van der Waals surface area contributed by atoms with Gasteiger partial charge in [0, 0.05) is 12.6 Å². The highest BCUT2D eigenvalue weighted by molar-refractivity contribution is 7.90. The van der Waals surface area contributed by atoms with Gasteiger partial charge in [0.2, 0.25) is 0 Å². The van der Waals surface area contributed by atoms with Crippen molar-refractivity contribution in [3.05, 3.63) is 54.1 Å². The van der Waals surface area contributed by atoms with Gasteiger partial charge < -0.3 is 5.32 Å². The fourth-order valence-electron chi connectivity index (χ4n) is 3.79. The Bertz CT molecular complexity index is 1270. The molecule has 8 nitrogen and oxygen atoms in total. The van der Waals surface area contributed by atoms with Crippen LogP contribution in [-0.2, 0) is 16.4 Å². The van der Waals surface area contributed by atoms with Gasteiger partial charge in [-0.2, -0.15) is 0 Å². The van der Waals surface area contributed by atoms with Crippen molar-refractivity contribution in [2.75, 3.05) is 13.1 Å². The largest absolute Gasteiger partial charge is 0.316 e. The average molecular weight is 396 g/mol. The van der Waals surface area contributed by atoms with Gasteiger partial charge in [-0.1, -0.05) is 17.7 Å². The van der Waals surface area contributed by atoms with E-state index < -0.39 is 10.0 Å².